The van der Waals surface area contributed by atoms with Crippen molar-refractivity contribution in [3.63, 3.8) is 0 Å². The molecule has 0 aliphatic heterocycles. The molecule has 1 atom stereocenters. The van der Waals surface area contributed by atoms with Gasteiger partial charge in [-0.3, -0.25) is 0 Å². The Morgan fingerprint density at radius 3 is 2.39 bits per heavy atom. The molecular formula is C11H14ClF4NO. The van der Waals surface area contributed by atoms with E-state index in [1.807, 2.05) is 0 Å². The fourth-order valence-electron chi connectivity index (χ4n) is 1.41. The van der Waals surface area contributed by atoms with Crippen molar-refractivity contribution in [1.82, 2.24) is 0 Å². The van der Waals surface area contributed by atoms with Gasteiger partial charge in [-0.15, -0.1) is 12.4 Å². The molecule has 0 aliphatic rings. The molecule has 2 nitrogen and oxygen atoms in total. The first-order chi connectivity index (χ1) is 7.83. The molecule has 0 saturated carbocycles. The lowest BCUT2D eigenvalue weighted by molar-refractivity contribution is -0.136. The zero-order chi connectivity index (χ0) is 13.1. The van der Waals surface area contributed by atoms with Gasteiger partial charge < -0.3 is 10.5 Å². The highest BCUT2D eigenvalue weighted by Gasteiger charge is 2.28. The SMILES string of the molecule is COc1ccc([C@@H](N)CCC(F)(F)F)c(F)c1.Cl. The van der Waals surface area contributed by atoms with Gasteiger partial charge in [0.05, 0.1) is 7.11 Å². The highest BCUT2D eigenvalue weighted by molar-refractivity contribution is 5.85. The van der Waals surface area contributed by atoms with Gasteiger partial charge in [0, 0.05) is 24.1 Å². The lowest BCUT2D eigenvalue weighted by Crippen LogP contribution is -2.16. The first kappa shape index (κ1) is 17.0. The Morgan fingerprint density at radius 2 is 1.94 bits per heavy atom. The molecule has 0 heterocycles. The predicted octanol–water partition coefficient (Wildman–Crippen LogP) is 3.60. The lowest BCUT2D eigenvalue weighted by atomic mass is 10.0. The second-order valence-corrected chi connectivity index (χ2v) is 3.65. The zero-order valence-corrected chi connectivity index (χ0v) is 10.4. The molecule has 0 aliphatic carbocycles. The van der Waals surface area contributed by atoms with Crippen LogP contribution in [0.2, 0.25) is 0 Å². The van der Waals surface area contributed by atoms with Crippen LogP contribution in [0.4, 0.5) is 17.6 Å². The Hall–Kier alpha value is -1.01. The lowest BCUT2D eigenvalue weighted by Gasteiger charge is -2.14. The van der Waals surface area contributed by atoms with Gasteiger partial charge in [0.2, 0.25) is 0 Å². The van der Waals surface area contributed by atoms with Crippen LogP contribution in [0.3, 0.4) is 0 Å². The molecule has 0 saturated heterocycles. The van der Waals surface area contributed by atoms with Gasteiger partial charge in [0.15, 0.2) is 0 Å². The van der Waals surface area contributed by atoms with Crippen molar-refractivity contribution >= 4 is 12.4 Å². The number of alkyl halides is 3. The number of nitrogens with two attached hydrogens (primary N) is 1. The van der Waals surface area contributed by atoms with Gasteiger partial charge in [-0.1, -0.05) is 6.07 Å². The Morgan fingerprint density at radius 1 is 1.33 bits per heavy atom. The second kappa shape index (κ2) is 6.80. The summed E-state index contributed by atoms with van der Waals surface area (Å²) in [5, 5.41) is 0. The fourth-order valence-corrected chi connectivity index (χ4v) is 1.41. The van der Waals surface area contributed by atoms with E-state index in [0.29, 0.717) is 5.75 Å². The van der Waals surface area contributed by atoms with Gasteiger partial charge in [-0.05, 0) is 12.5 Å². The van der Waals surface area contributed by atoms with Gasteiger partial charge in [0.1, 0.15) is 11.6 Å². The van der Waals surface area contributed by atoms with E-state index < -0.39 is 24.5 Å². The van der Waals surface area contributed by atoms with Crippen molar-refractivity contribution in [2.45, 2.75) is 25.1 Å². The maximum absolute atomic E-state index is 13.5. The number of ether oxygens (including phenoxy) is 1. The summed E-state index contributed by atoms with van der Waals surface area (Å²) in [6, 6.07) is 2.94. The number of halogens is 5. The Kier molecular flexibility index (Phi) is 6.42. The largest absolute Gasteiger partial charge is 0.497 e. The van der Waals surface area contributed by atoms with Crippen LogP contribution in [0.25, 0.3) is 0 Å². The number of hydrogen-bond donors (Lipinski definition) is 1. The fraction of sp³-hybridized carbons (Fsp3) is 0.455. The summed E-state index contributed by atoms with van der Waals surface area (Å²) in [5.41, 5.74) is 5.58. The molecule has 0 aromatic heterocycles. The average Bonchev–Trinajstić information content (AvgIpc) is 2.24. The highest BCUT2D eigenvalue weighted by Crippen LogP contribution is 2.28. The third-order valence-corrected chi connectivity index (χ3v) is 2.35. The van der Waals surface area contributed by atoms with Crippen LogP contribution >= 0.6 is 12.4 Å². The summed E-state index contributed by atoms with van der Waals surface area (Å²) in [7, 11) is 1.37. The molecule has 0 fully saturated rings. The summed E-state index contributed by atoms with van der Waals surface area (Å²) in [6.07, 6.45) is -5.65. The molecule has 1 rings (SSSR count). The van der Waals surface area contributed by atoms with Crippen molar-refractivity contribution < 1.29 is 22.3 Å². The first-order valence-corrected chi connectivity index (χ1v) is 4.99. The van der Waals surface area contributed by atoms with Crippen molar-refractivity contribution in [3.05, 3.63) is 29.6 Å². The molecule has 1 aromatic rings. The van der Waals surface area contributed by atoms with E-state index in [9.17, 15) is 17.6 Å². The van der Waals surface area contributed by atoms with Crippen LogP contribution < -0.4 is 10.5 Å². The maximum atomic E-state index is 13.5. The van der Waals surface area contributed by atoms with E-state index in [1.165, 1.54) is 19.2 Å². The molecular weight excluding hydrogens is 274 g/mol. The van der Waals surface area contributed by atoms with Gasteiger partial charge in [0.25, 0.3) is 0 Å². The van der Waals surface area contributed by atoms with Crippen LogP contribution in [0, 0.1) is 5.82 Å². The molecule has 18 heavy (non-hydrogen) atoms. The van der Waals surface area contributed by atoms with Crippen molar-refractivity contribution in [3.8, 4) is 5.75 Å². The van der Waals surface area contributed by atoms with E-state index in [0.717, 1.165) is 6.07 Å². The summed E-state index contributed by atoms with van der Waals surface area (Å²) in [5.74, 6) is -0.353. The standard InChI is InChI=1S/C11H13F4NO.ClH/c1-17-7-2-3-8(9(12)6-7)10(16)4-5-11(13,14)15;/h2-3,6,10H,4-5,16H2,1H3;1H/t10-;/m0./s1. The Balaban J connectivity index is 0.00000289. The third-order valence-electron chi connectivity index (χ3n) is 2.35. The van der Waals surface area contributed by atoms with E-state index >= 15 is 0 Å². The average molecular weight is 288 g/mol. The molecule has 1 aromatic carbocycles. The number of benzene rings is 1. The number of hydrogen-bond acceptors (Lipinski definition) is 2. The number of rotatable bonds is 4. The monoisotopic (exact) mass is 287 g/mol. The predicted molar refractivity (Wildman–Crippen MR) is 62.4 cm³/mol. The topological polar surface area (TPSA) is 35.2 Å². The van der Waals surface area contributed by atoms with Crippen LogP contribution in [0.5, 0.6) is 5.75 Å². The van der Waals surface area contributed by atoms with Crippen LogP contribution in [-0.2, 0) is 0 Å². The Labute approximate surface area is 109 Å². The van der Waals surface area contributed by atoms with Crippen molar-refractivity contribution in [2.24, 2.45) is 5.73 Å². The van der Waals surface area contributed by atoms with Crippen LogP contribution in [-0.4, -0.2) is 13.3 Å². The molecule has 104 valence electrons. The molecule has 0 unspecified atom stereocenters. The zero-order valence-electron chi connectivity index (χ0n) is 9.63. The summed E-state index contributed by atoms with van der Waals surface area (Å²) in [6.45, 7) is 0. The molecule has 0 bridgehead atoms. The quantitative estimate of drug-likeness (QED) is 0.859. The Bertz CT molecular complexity index is 384. The highest BCUT2D eigenvalue weighted by atomic mass is 35.5. The van der Waals surface area contributed by atoms with E-state index in [-0.39, 0.29) is 24.4 Å². The first-order valence-electron chi connectivity index (χ1n) is 4.99. The molecule has 2 N–H and O–H groups in total. The van der Waals surface area contributed by atoms with E-state index in [1.54, 1.807) is 0 Å². The van der Waals surface area contributed by atoms with Crippen molar-refractivity contribution in [2.75, 3.05) is 7.11 Å². The summed E-state index contributed by atoms with van der Waals surface area (Å²) in [4.78, 5) is 0. The van der Waals surface area contributed by atoms with Crippen LogP contribution in [0.1, 0.15) is 24.4 Å². The normalized spacial score (nSPS) is 12.8. The molecule has 0 spiro atoms. The minimum Gasteiger partial charge on any atom is -0.497 e. The van der Waals surface area contributed by atoms with Crippen LogP contribution in [0.15, 0.2) is 18.2 Å². The molecule has 0 amide bonds. The molecule has 7 heteroatoms. The molecule has 0 radical (unpaired) electrons. The summed E-state index contributed by atoms with van der Waals surface area (Å²) >= 11 is 0. The minimum atomic E-state index is -4.28. The smallest absolute Gasteiger partial charge is 0.389 e. The van der Waals surface area contributed by atoms with Gasteiger partial charge >= 0.3 is 6.18 Å². The van der Waals surface area contributed by atoms with E-state index in [2.05, 4.69) is 0 Å². The minimum absolute atomic E-state index is 0. The number of methoxy groups -OCH3 is 1. The van der Waals surface area contributed by atoms with Crippen molar-refractivity contribution in [1.29, 1.82) is 0 Å². The van der Waals surface area contributed by atoms with Gasteiger partial charge in [-0.2, -0.15) is 13.2 Å². The second-order valence-electron chi connectivity index (χ2n) is 3.65. The third kappa shape index (κ3) is 5.10. The van der Waals surface area contributed by atoms with E-state index in [4.69, 9.17) is 10.5 Å². The maximum Gasteiger partial charge on any atom is 0.389 e. The summed E-state index contributed by atoms with van der Waals surface area (Å²) < 4.78 is 54.2. The van der Waals surface area contributed by atoms with Gasteiger partial charge in [-0.25, -0.2) is 4.39 Å².